The van der Waals surface area contributed by atoms with Crippen molar-refractivity contribution < 1.29 is 36.9 Å². The number of aliphatic carboxylic acids is 1. The molecule has 6 nitrogen and oxygen atoms in total. The Bertz CT molecular complexity index is 1660. The van der Waals surface area contributed by atoms with Gasteiger partial charge in [0.05, 0.1) is 30.0 Å². The van der Waals surface area contributed by atoms with Crippen LogP contribution < -0.4 is 9.47 Å². The van der Waals surface area contributed by atoms with Crippen LogP contribution >= 0.6 is 0 Å². The molecule has 2 heterocycles. The van der Waals surface area contributed by atoms with Gasteiger partial charge in [-0.25, -0.2) is 4.39 Å². The number of fused-ring (bicyclic) bond motifs is 2. The predicted molar refractivity (Wildman–Crippen MR) is 142 cm³/mol. The highest BCUT2D eigenvalue weighted by atomic mass is 19.4. The Balaban J connectivity index is 1.35. The number of ether oxygens (including phenoxy) is 2. The lowest BCUT2D eigenvalue weighted by molar-refractivity contribution is -0.138. The van der Waals surface area contributed by atoms with E-state index in [0.29, 0.717) is 29.5 Å². The molecule has 0 radical (unpaired) electrons. The first-order valence-electron chi connectivity index (χ1n) is 13.2. The molecule has 0 saturated carbocycles. The third-order valence-corrected chi connectivity index (χ3v) is 7.74. The molecule has 3 aromatic carbocycles. The van der Waals surface area contributed by atoms with Crippen LogP contribution in [0.1, 0.15) is 52.8 Å². The fraction of sp³-hybridized carbons (Fsp3) is 0.290. The number of rotatable bonds is 6. The van der Waals surface area contributed by atoms with Crippen molar-refractivity contribution in [2.75, 3.05) is 6.61 Å². The fourth-order valence-electron chi connectivity index (χ4n) is 5.98. The molecule has 2 atom stereocenters. The topological polar surface area (TPSA) is 73.6 Å². The molecule has 212 valence electrons. The lowest BCUT2D eigenvalue weighted by Crippen LogP contribution is -2.12. The van der Waals surface area contributed by atoms with E-state index in [-0.39, 0.29) is 42.1 Å². The van der Waals surface area contributed by atoms with E-state index in [1.165, 1.54) is 0 Å². The van der Waals surface area contributed by atoms with Crippen LogP contribution in [0.15, 0.2) is 54.6 Å². The number of benzene rings is 3. The second-order valence-corrected chi connectivity index (χ2v) is 10.5. The lowest BCUT2D eigenvalue weighted by atomic mass is 9.90. The van der Waals surface area contributed by atoms with Crippen molar-refractivity contribution in [1.29, 1.82) is 0 Å². The number of aromatic nitrogens is 2. The summed E-state index contributed by atoms with van der Waals surface area (Å²) in [5, 5.41) is 13.5. The molecule has 0 fully saturated rings. The summed E-state index contributed by atoms with van der Waals surface area (Å²) in [7, 11) is 1.80. The summed E-state index contributed by atoms with van der Waals surface area (Å²) >= 11 is 0. The molecular weight excluding hydrogens is 540 g/mol. The quantitative estimate of drug-likeness (QED) is 0.249. The Hall–Kier alpha value is -4.34. The zero-order valence-electron chi connectivity index (χ0n) is 22.3. The van der Waals surface area contributed by atoms with Gasteiger partial charge in [-0.15, -0.1) is 0 Å². The van der Waals surface area contributed by atoms with Gasteiger partial charge in [0.25, 0.3) is 0 Å². The van der Waals surface area contributed by atoms with E-state index in [2.05, 4.69) is 5.10 Å². The van der Waals surface area contributed by atoms with Crippen molar-refractivity contribution >= 4 is 5.97 Å². The molecule has 10 heteroatoms. The summed E-state index contributed by atoms with van der Waals surface area (Å²) in [6.45, 7) is 2.09. The SMILES string of the molecule is Cc1cc(-c2ccc(-c3c(C(F)(F)F)cc(F)c4c3CC[C@H]4Oc3ccc4c(c3)OCC4CC(=O)O)cc2)n(C)n1. The van der Waals surface area contributed by atoms with Gasteiger partial charge in [-0.05, 0) is 60.2 Å². The minimum Gasteiger partial charge on any atom is -0.492 e. The van der Waals surface area contributed by atoms with Crippen LogP contribution in [-0.4, -0.2) is 27.5 Å². The minimum absolute atomic E-state index is 0.0402. The molecular formula is C31H26F4N2O4. The van der Waals surface area contributed by atoms with E-state index in [4.69, 9.17) is 14.6 Å². The van der Waals surface area contributed by atoms with Crippen molar-refractivity contribution in [3.63, 3.8) is 0 Å². The van der Waals surface area contributed by atoms with Crippen LogP contribution in [-0.2, 0) is 24.4 Å². The van der Waals surface area contributed by atoms with Crippen LogP contribution in [0.3, 0.4) is 0 Å². The first-order chi connectivity index (χ1) is 19.5. The summed E-state index contributed by atoms with van der Waals surface area (Å²) in [5.74, 6) is -1.31. The Kier molecular flexibility index (Phi) is 6.51. The molecule has 0 bridgehead atoms. The average Bonchev–Trinajstić information content (AvgIpc) is 3.60. The third-order valence-electron chi connectivity index (χ3n) is 7.74. The van der Waals surface area contributed by atoms with E-state index >= 15 is 4.39 Å². The van der Waals surface area contributed by atoms with Crippen molar-refractivity contribution in [1.82, 2.24) is 9.78 Å². The molecule has 1 aliphatic heterocycles. The van der Waals surface area contributed by atoms with Gasteiger partial charge in [-0.3, -0.25) is 9.48 Å². The van der Waals surface area contributed by atoms with Gasteiger partial charge in [0.2, 0.25) is 0 Å². The molecule has 6 rings (SSSR count). The van der Waals surface area contributed by atoms with E-state index in [1.54, 1.807) is 54.2 Å². The van der Waals surface area contributed by atoms with Gasteiger partial charge < -0.3 is 14.6 Å². The molecule has 41 heavy (non-hydrogen) atoms. The molecule has 0 amide bonds. The number of alkyl halides is 3. The lowest BCUT2D eigenvalue weighted by Gasteiger charge is -2.21. The van der Waals surface area contributed by atoms with E-state index in [1.807, 2.05) is 13.0 Å². The summed E-state index contributed by atoms with van der Waals surface area (Å²) in [4.78, 5) is 11.1. The summed E-state index contributed by atoms with van der Waals surface area (Å²) in [6.07, 6.45) is -5.11. The maximum absolute atomic E-state index is 15.4. The standard InChI is InChI=1S/C31H26F4N2O4/c1-16-11-25(37(2)36-16)17-3-5-18(6-4-17)29-22-9-10-26(30(22)24(32)14-23(29)31(33,34)35)41-20-7-8-21-19(12-28(38)39)15-40-27(21)13-20/h3-8,11,13-14,19,26H,9-10,12,15H2,1-2H3,(H,38,39)/t19?,26-/m1/s1. The van der Waals surface area contributed by atoms with Gasteiger partial charge >= 0.3 is 12.1 Å². The number of halogens is 4. The maximum Gasteiger partial charge on any atom is 0.417 e. The van der Waals surface area contributed by atoms with Crippen LogP contribution in [0.4, 0.5) is 17.6 Å². The van der Waals surface area contributed by atoms with Crippen LogP contribution in [0.2, 0.25) is 0 Å². The van der Waals surface area contributed by atoms with Gasteiger partial charge in [-0.2, -0.15) is 18.3 Å². The van der Waals surface area contributed by atoms with Crippen molar-refractivity contribution in [3.05, 3.63) is 88.4 Å². The Morgan fingerprint density at radius 3 is 2.51 bits per heavy atom. The van der Waals surface area contributed by atoms with Gasteiger partial charge in [0, 0.05) is 30.2 Å². The first kappa shape index (κ1) is 26.9. The fourth-order valence-corrected chi connectivity index (χ4v) is 5.98. The molecule has 0 saturated heterocycles. The highest BCUT2D eigenvalue weighted by molar-refractivity contribution is 5.76. The molecule has 1 aromatic heterocycles. The predicted octanol–water partition coefficient (Wildman–Crippen LogP) is 7.24. The highest BCUT2D eigenvalue weighted by Gasteiger charge is 2.40. The van der Waals surface area contributed by atoms with Gasteiger partial charge in [0.15, 0.2) is 0 Å². The largest absolute Gasteiger partial charge is 0.492 e. The third kappa shape index (κ3) is 4.92. The van der Waals surface area contributed by atoms with Gasteiger partial charge in [-0.1, -0.05) is 30.3 Å². The van der Waals surface area contributed by atoms with Crippen molar-refractivity contribution in [2.24, 2.45) is 7.05 Å². The normalized spacial score (nSPS) is 17.7. The zero-order chi connectivity index (χ0) is 29.1. The Labute approximate surface area is 233 Å². The molecule has 0 spiro atoms. The first-order valence-corrected chi connectivity index (χ1v) is 13.2. The maximum atomic E-state index is 15.4. The van der Waals surface area contributed by atoms with Crippen LogP contribution in [0.25, 0.3) is 22.4 Å². The smallest absolute Gasteiger partial charge is 0.417 e. The van der Waals surface area contributed by atoms with Crippen molar-refractivity contribution in [3.8, 4) is 33.9 Å². The second-order valence-electron chi connectivity index (χ2n) is 10.5. The molecule has 4 aromatic rings. The highest BCUT2D eigenvalue weighted by Crippen LogP contribution is 2.48. The van der Waals surface area contributed by atoms with E-state index < -0.39 is 29.6 Å². The second kappa shape index (κ2) is 9.94. The van der Waals surface area contributed by atoms with E-state index in [0.717, 1.165) is 22.5 Å². The van der Waals surface area contributed by atoms with Crippen LogP contribution in [0.5, 0.6) is 11.5 Å². The Morgan fingerprint density at radius 2 is 1.85 bits per heavy atom. The summed E-state index contributed by atoms with van der Waals surface area (Å²) in [5.41, 5.74) is 2.88. The average molecular weight is 567 g/mol. The zero-order valence-corrected chi connectivity index (χ0v) is 22.3. The number of carbonyl (C=O) groups is 1. The van der Waals surface area contributed by atoms with Gasteiger partial charge in [0.1, 0.15) is 23.4 Å². The number of carboxylic acids is 1. The number of hydrogen-bond donors (Lipinski definition) is 1. The monoisotopic (exact) mass is 566 g/mol. The number of carboxylic acid groups (broad SMARTS) is 1. The number of hydrogen-bond acceptors (Lipinski definition) is 4. The molecule has 1 N–H and O–H groups in total. The van der Waals surface area contributed by atoms with Crippen molar-refractivity contribution in [2.45, 2.75) is 44.4 Å². The Morgan fingerprint density at radius 1 is 1.12 bits per heavy atom. The number of nitrogens with zero attached hydrogens (tertiary/aromatic N) is 2. The summed E-state index contributed by atoms with van der Waals surface area (Å²) in [6, 6.07) is 14.2. The number of aryl methyl sites for hydroxylation is 2. The van der Waals surface area contributed by atoms with E-state index in [9.17, 15) is 18.0 Å². The summed E-state index contributed by atoms with van der Waals surface area (Å²) < 4.78 is 71.5. The molecule has 1 aliphatic carbocycles. The molecule has 1 unspecified atom stereocenters. The minimum atomic E-state index is -4.76. The molecule has 2 aliphatic rings. The van der Waals surface area contributed by atoms with Crippen LogP contribution in [0, 0.1) is 12.7 Å².